The number of hydrogen-bond acceptors (Lipinski definition) is 3. The van der Waals surface area contributed by atoms with Crippen LogP contribution in [0.3, 0.4) is 0 Å². The molecule has 1 fully saturated rings. The van der Waals surface area contributed by atoms with Gasteiger partial charge in [-0.2, -0.15) is 0 Å². The van der Waals surface area contributed by atoms with E-state index in [0.29, 0.717) is 19.5 Å². The molecule has 21 heavy (non-hydrogen) atoms. The third-order valence-electron chi connectivity index (χ3n) is 3.64. The molecule has 2 amide bonds. The van der Waals surface area contributed by atoms with Crippen LogP contribution in [0.5, 0.6) is 0 Å². The van der Waals surface area contributed by atoms with Crippen LogP contribution in [0.1, 0.15) is 38.6 Å². The van der Waals surface area contributed by atoms with Gasteiger partial charge in [0.1, 0.15) is 6.04 Å². The molecule has 0 aliphatic carbocycles. The SMILES string of the molecule is Cc1cccc(CN2CCC(=O)NC(C(C)(C)C)C2=O)n1. The fraction of sp³-hybridized carbons (Fsp3) is 0.562. The van der Waals surface area contributed by atoms with Crippen molar-refractivity contribution in [1.29, 1.82) is 0 Å². The largest absolute Gasteiger partial charge is 0.344 e. The zero-order chi connectivity index (χ0) is 15.6. The van der Waals surface area contributed by atoms with Crippen LogP contribution < -0.4 is 5.32 Å². The molecule has 114 valence electrons. The number of amides is 2. The molecule has 0 aromatic carbocycles. The van der Waals surface area contributed by atoms with Crippen LogP contribution in [0.15, 0.2) is 18.2 Å². The molecule has 5 nitrogen and oxygen atoms in total. The lowest BCUT2D eigenvalue weighted by Crippen LogP contribution is -2.51. The van der Waals surface area contributed by atoms with Crippen molar-refractivity contribution in [2.45, 2.75) is 46.7 Å². The van der Waals surface area contributed by atoms with Crippen molar-refractivity contribution in [2.24, 2.45) is 5.41 Å². The molecule has 1 aromatic rings. The molecule has 0 saturated carbocycles. The Labute approximate surface area is 125 Å². The standard InChI is InChI=1S/C16H23N3O2/c1-11-6-5-7-12(17-11)10-19-9-8-13(20)18-14(15(19)21)16(2,3)4/h5-7,14H,8-10H2,1-4H3,(H,18,20). The van der Waals surface area contributed by atoms with Gasteiger partial charge < -0.3 is 10.2 Å². The number of carbonyl (C=O) groups excluding carboxylic acids is 2. The second-order valence-electron chi connectivity index (χ2n) is 6.65. The maximum absolute atomic E-state index is 12.7. The highest BCUT2D eigenvalue weighted by Gasteiger charge is 2.37. The van der Waals surface area contributed by atoms with E-state index in [9.17, 15) is 9.59 Å². The minimum Gasteiger partial charge on any atom is -0.344 e. The molecule has 5 heteroatoms. The van der Waals surface area contributed by atoms with Crippen LogP contribution in [-0.4, -0.2) is 34.3 Å². The van der Waals surface area contributed by atoms with E-state index in [1.807, 2.05) is 45.9 Å². The summed E-state index contributed by atoms with van der Waals surface area (Å²) in [7, 11) is 0. The summed E-state index contributed by atoms with van der Waals surface area (Å²) in [4.78, 5) is 30.7. The van der Waals surface area contributed by atoms with Crippen LogP contribution in [0.4, 0.5) is 0 Å². The molecule has 1 aliphatic heterocycles. The van der Waals surface area contributed by atoms with Crippen molar-refractivity contribution >= 4 is 11.8 Å². The molecule has 1 aromatic heterocycles. The van der Waals surface area contributed by atoms with E-state index < -0.39 is 6.04 Å². The van der Waals surface area contributed by atoms with Gasteiger partial charge in [-0.3, -0.25) is 14.6 Å². The number of pyridine rings is 1. The van der Waals surface area contributed by atoms with Crippen molar-refractivity contribution in [2.75, 3.05) is 6.54 Å². The Morgan fingerprint density at radius 3 is 2.67 bits per heavy atom. The lowest BCUT2D eigenvalue weighted by molar-refractivity contribution is -0.137. The van der Waals surface area contributed by atoms with Crippen LogP contribution in [0.2, 0.25) is 0 Å². The lowest BCUT2D eigenvalue weighted by Gasteiger charge is -2.32. The van der Waals surface area contributed by atoms with E-state index in [4.69, 9.17) is 0 Å². The van der Waals surface area contributed by atoms with Gasteiger partial charge in [0.05, 0.1) is 12.2 Å². The maximum Gasteiger partial charge on any atom is 0.246 e. The van der Waals surface area contributed by atoms with Gasteiger partial charge in [0.2, 0.25) is 11.8 Å². The Hall–Kier alpha value is -1.91. The van der Waals surface area contributed by atoms with Crippen LogP contribution >= 0.6 is 0 Å². The van der Waals surface area contributed by atoms with Crippen molar-refractivity contribution in [3.05, 3.63) is 29.6 Å². The van der Waals surface area contributed by atoms with E-state index in [2.05, 4.69) is 10.3 Å². The zero-order valence-corrected chi connectivity index (χ0v) is 13.1. The van der Waals surface area contributed by atoms with Gasteiger partial charge >= 0.3 is 0 Å². The summed E-state index contributed by atoms with van der Waals surface area (Å²) in [5.41, 5.74) is 1.47. The van der Waals surface area contributed by atoms with Gasteiger partial charge in [-0.25, -0.2) is 0 Å². The Morgan fingerprint density at radius 1 is 1.33 bits per heavy atom. The summed E-state index contributed by atoms with van der Waals surface area (Å²) in [6.45, 7) is 8.70. The summed E-state index contributed by atoms with van der Waals surface area (Å²) in [5, 5.41) is 2.85. The first-order valence-electron chi connectivity index (χ1n) is 7.28. The minimum atomic E-state index is -0.489. The van der Waals surface area contributed by atoms with E-state index in [1.54, 1.807) is 4.90 Å². The van der Waals surface area contributed by atoms with E-state index in [1.165, 1.54) is 0 Å². The van der Waals surface area contributed by atoms with Crippen LogP contribution in [-0.2, 0) is 16.1 Å². The third kappa shape index (κ3) is 3.80. The van der Waals surface area contributed by atoms with Crippen molar-refractivity contribution < 1.29 is 9.59 Å². The molecule has 1 saturated heterocycles. The second-order valence-corrected chi connectivity index (χ2v) is 6.65. The molecule has 0 bridgehead atoms. The minimum absolute atomic E-state index is 0.0309. The molecule has 1 unspecified atom stereocenters. The van der Waals surface area contributed by atoms with Gasteiger partial charge in [0.25, 0.3) is 0 Å². The fourth-order valence-electron chi connectivity index (χ4n) is 2.45. The van der Waals surface area contributed by atoms with Crippen molar-refractivity contribution in [3.8, 4) is 0 Å². The average molecular weight is 289 g/mol. The average Bonchev–Trinajstić information content (AvgIpc) is 2.51. The molecule has 0 spiro atoms. The number of aryl methyl sites for hydroxylation is 1. The molecular formula is C16H23N3O2. The Balaban J connectivity index is 2.21. The predicted octanol–water partition coefficient (Wildman–Crippen LogP) is 1.65. The van der Waals surface area contributed by atoms with E-state index in [0.717, 1.165) is 11.4 Å². The Morgan fingerprint density at radius 2 is 2.05 bits per heavy atom. The van der Waals surface area contributed by atoms with E-state index >= 15 is 0 Å². The Kier molecular flexibility index (Phi) is 4.30. The smallest absolute Gasteiger partial charge is 0.246 e. The summed E-state index contributed by atoms with van der Waals surface area (Å²) < 4.78 is 0. The second kappa shape index (κ2) is 5.84. The first-order chi connectivity index (χ1) is 9.77. The number of aromatic nitrogens is 1. The molecule has 2 rings (SSSR count). The molecule has 1 aliphatic rings. The first-order valence-corrected chi connectivity index (χ1v) is 7.28. The molecular weight excluding hydrogens is 266 g/mol. The summed E-state index contributed by atoms with van der Waals surface area (Å²) >= 11 is 0. The van der Waals surface area contributed by atoms with Gasteiger partial charge in [-0.05, 0) is 24.5 Å². The molecule has 1 N–H and O–H groups in total. The highest BCUT2D eigenvalue weighted by atomic mass is 16.2. The van der Waals surface area contributed by atoms with Crippen molar-refractivity contribution in [1.82, 2.24) is 15.2 Å². The summed E-state index contributed by atoms with van der Waals surface area (Å²) in [6, 6.07) is 5.28. The zero-order valence-electron chi connectivity index (χ0n) is 13.1. The first kappa shape index (κ1) is 15.5. The highest BCUT2D eigenvalue weighted by molar-refractivity contribution is 5.90. The van der Waals surface area contributed by atoms with Crippen LogP contribution in [0.25, 0.3) is 0 Å². The maximum atomic E-state index is 12.7. The van der Waals surface area contributed by atoms with Gasteiger partial charge in [-0.15, -0.1) is 0 Å². The predicted molar refractivity (Wildman–Crippen MR) is 80.4 cm³/mol. The number of nitrogens with one attached hydrogen (secondary N) is 1. The van der Waals surface area contributed by atoms with Gasteiger partial charge in [0, 0.05) is 18.7 Å². The Bertz CT molecular complexity index is 549. The molecule has 2 heterocycles. The number of carbonyl (C=O) groups is 2. The summed E-state index contributed by atoms with van der Waals surface area (Å²) in [6.07, 6.45) is 0.337. The van der Waals surface area contributed by atoms with Crippen molar-refractivity contribution in [3.63, 3.8) is 0 Å². The van der Waals surface area contributed by atoms with Gasteiger partial charge in [0.15, 0.2) is 0 Å². The van der Waals surface area contributed by atoms with Gasteiger partial charge in [-0.1, -0.05) is 26.8 Å². The normalized spacial score (nSPS) is 20.2. The monoisotopic (exact) mass is 289 g/mol. The fourth-order valence-corrected chi connectivity index (χ4v) is 2.45. The quantitative estimate of drug-likeness (QED) is 0.900. The molecule has 1 atom stereocenters. The number of rotatable bonds is 2. The molecule has 0 radical (unpaired) electrons. The topological polar surface area (TPSA) is 62.3 Å². The van der Waals surface area contributed by atoms with Crippen LogP contribution in [0, 0.1) is 12.3 Å². The highest BCUT2D eigenvalue weighted by Crippen LogP contribution is 2.23. The lowest BCUT2D eigenvalue weighted by atomic mass is 9.86. The number of nitrogens with zero attached hydrogens (tertiary/aromatic N) is 2. The third-order valence-corrected chi connectivity index (χ3v) is 3.64. The summed E-state index contributed by atoms with van der Waals surface area (Å²) in [5.74, 6) is -0.0976. The van der Waals surface area contributed by atoms with E-state index in [-0.39, 0.29) is 17.2 Å². The number of hydrogen-bond donors (Lipinski definition) is 1.